The van der Waals surface area contributed by atoms with Crippen molar-refractivity contribution in [1.29, 1.82) is 0 Å². The highest BCUT2D eigenvalue weighted by Gasteiger charge is 2.24. The molecule has 2 rings (SSSR count). The molecule has 3 N–H and O–H groups in total. The maximum absolute atomic E-state index is 13.3. The Hall–Kier alpha value is -2.11. The average Bonchev–Trinajstić information content (AvgIpc) is 2.36. The standard InChI is InChI=1S/C15H20FN3O2/c1-10-5-12(16)8-13(6-10)18-15(21)19-4-2-3-11(9-19)7-14(17)20/h5-6,8,11H,2-4,7,9H2,1H3,(H2,17,20)(H,18,21)/t11-/m0/s1. The van der Waals surface area contributed by atoms with Gasteiger partial charge in [0.15, 0.2) is 0 Å². The number of likely N-dealkylation sites (tertiary alicyclic amines) is 1. The first-order valence-corrected chi connectivity index (χ1v) is 7.05. The first-order valence-electron chi connectivity index (χ1n) is 7.05. The van der Waals surface area contributed by atoms with Gasteiger partial charge in [-0.3, -0.25) is 4.79 Å². The average molecular weight is 293 g/mol. The van der Waals surface area contributed by atoms with Crippen molar-refractivity contribution in [3.63, 3.8) is 0 Å². The van der Waals surface area contributed by atoms with E-state index in [0.29, 0.717) is 25.2 Å². The van der Waals surface area contributed by atoms with Crippen LogP contribution >= 0.6 is 0 Å². The first kappa shape index (κ1) is 15.3. The Morgan fingerprint density at radius 1 is 1.43 bits per heavy atom. The summed E-state index contributed by atoms with van der Waals surface area (Å²) in [7, 11) is 0. The number of anilines is 1. The fraction of sp³-hybridized carbons (Fsp3) is 0.467. The number of aryl methyl sites for hydroxylation is 1. The number of rotatable bonds is 3. The van der Waals surface area contributed by atoms with Crippen LogP contribution in [0.2, 0.25) is 0 Å². The summed E-state index contributed by atoms with van der Waals surface area (Å²) in [5.41, 5.74) is 6.39. The third kappa shape index (κ3) is 4.44. The lowest BCUT2D eigenvalue weighted by molar-refractivity contribution is -0.119. The van der Waals surface area contributed by atoms with Crippen molar-refractivity contribution in [2.24, 2.45) is 11.7 Å². The molecule has 1 saturated heterocycles. The topological polar surface area (TPSA) is 75.4 Å². The summed E-state index contributed by atoms with van der Waals surface area (Å²) in [6.45, 7) is 2.90. The van der Waals surface area contributed by atoms with Crippen LogP contribution in [-0.2, 0) is 4.79 Å². The number of primary amides is 1. The Balaban J connectivity index is 1.97. The van der Waals surface area contributed by atoms with Crippen LogP contribution in [0.4, 0.5) is 14.9 Å². The van der Waals surface area contributed by atoms with Gasteiger partial charge in [0.1, 0.15) is 5.82 Å². The normalized spacial score (nSPS) is 18.4. The van der Waals surface area contributed by atoms with Crippen molar-refractivity contribution in [3.05, 3.63) is 29.6 Å². The van der Waals surface area contributed by atoms with Gasteiger partial charge in [0, 0.05) is 25.2 Å². The molecule has 1 atom stereocenters. The lowest BCUT2D eigenvalue weighted by Crippen LogP contribution is -2.43. The second-order valence-corrected chi connectivity index (χ2v) is 5.57. The SMILES string of the molecule is Cc1cc(F)cc(NC(=O)N2CCC[C@@H](CC(N)=O)C2)c1. The van der Waals surface area contributed by atoms with E-state index < -0.39 is 0 Å². The number of nitrogens with two attached hydrogens (primary N) is 1. The fourth-order valence-electron chi connectivity index (χ4n) is 2.71. The van der Waals surface area contributed by atoms with Crippen LogP contribution in [0.1, 0.15) is 24.8 Å². The second-order valence-electron chi connectivity index (χ2n) is 5.57. The monoisotopic (exact) mass is 293 g/mol. The van der Waals surface area contributed by atoms with Crippen LogP contribution in [0.25, 0.3) is 0 Å². The molecule has 0 aliphatic carbocycles. The Morgan fingerprint density at radius 3 is 2.86 bits per heavy atom. The van der Waals surface area contributed by atoms with E-state index in [1.165, 1.54) is 12.1 Å². The molecule has 6 heteroatoms. The van der Waals surface area contributed by atoms with E-state index in [9.17, 15) is 14.0 Å². The van der Waals surface area contributed by atoms with E-state index in [0.717, 1.165) is 18.4 Å². The van der Waals surface area contributed by atoms with Gasteiger partial charge < -0.3 is 16.0 Å². The number of urea groups is 1. The van der Waals surface area contributed by atoms with Crippen LogP contribution in [0.3, 0.4) is 0 Å². The molecule has 0 saturated carbocycles. The zero-order valence-corrected chi connectivity index (χ0v) is 12.1. The summed E-state index contributed by atoms with van der Waals surface area (Å²) < 4.78 is 13.3. The molecule has 0 spiro atoms. The molecule has 1 aromatic rings. The van der Waals surface area contributed by atoms with Crippen molar-refractivity contribution in [3.8, 4) is 0 Å². The molecule has 1 fully saturated rings. The summed E-state index contributed by atoms with van der Waals surface area (Å²) in [6.07, 6.45) is 2.03. The minimum absolute atomic E-state index is 0.108. The number of benzene rings is 1. The summed E-state index contributed by atoms with van der Waals surface area (Å²) in [4.78, 5) is 24.8. The summed E-state index contributed by atoms with van der Waals surface area (Å²) in [5, 5.41) is 2.70. The maximum atomic E-state index is 13.3. The molecule has 1 heterocycles. The number of hydrogen-bond donors (Lipinski definition) is 2. The van der Waals surface area contributed by atoms with Crippen molar-refractivity contribution >= 4 is 17.6 Å². The third-order valence-electron chi connectivity index (χ3n) is 3.59. The Bertz CT molecular complexity index is 527. The summed E-state index contributed by atoms with van der Waals surface area (Å²) in [5.74, 6) is -0.616. The number of nitrogens with one attached hydrogen (secondary N) is 1. The highest BCUT2D eigenvalue weighted by molar-refractivity contribution is 5.89. The van der Waals surface area contributed by atoms with Gasteiger partial charge in [0.25, 0.3) is 0 Å². The van der Waals surface area contributed by atoms with E-state index in [2.05, 4.69) is 5.32 Å². The van der Waals surface area contributed by atoms with E-state index in [1.54, 1.807) is 17.9 Å². The molecule has 114 valence electrons. The zero-order valence-electron chi connectivity index (χ0n) is 12.1. The van der Waals surface area contributed by atoms with Gasteiger partial charge in [-0.15, -0.1) is 0 Å². The van der Waals surface area contributed by atoms with Gasteiger partial charge in [0.2, 0.25) is 5.91 Å². The first-order chi connectivity index (χ1) is 9.94. The fourth-order valence-corrected chi connectivity index (χ4v) is 2.71. The van der Waals surface area contributed by atoms with Crippen molar-refractivity contribution in [2.45, 2.75) is 26.2 Å². The quantitative estimate of drug-likeness (QED) is 0.897. The van der Waals surface area contributed by atoms with E-state index >= 15 is 0 Å². The van der Waals surface area contributed by atoms with Gasteiger partial charge in [-0.25, -0.2) is 9.18 Å². The number of nitrogens with zero attached hydrogens (tertiary/aromatic N) is 1. The van der Waals surface area contributed by atoms with Gasteiger partial charge in [-0.05, 0) is 49.4 Å². The number of amides is 3. The van der Waals surface area contributed by atoms with Gasteiger partial charge in [-0.1, -0.05) is 0 Å². The van der Waals surface area contributed by atoms with E-state index in [4.69, 9.17) is 5.73 Å². The molecule has 1 aliphatic heterocycles. The predicted octanol–water partition coefficient (Wildman–Crippen LogP) is 2.25. The minimum atomic E-state index is -0.379. The van der Waals surface area contributed by atoms with E-state index in [1.807, 2.05) is 0 Å². The van der Waals surface area contributed by atoms with Crippen molar-refractivity contribution < 1.29 is 14.0 Å². The van der Waals surface area contributed by atoms with Crippen LogP contribution in [-0.4, -0.2) is 29.9 Å². The highest BCUT2D eigenvalue weighted by atomic mass is 19.1. The molecule has 0 unspecified atom stereocenters. The molecule has 0 aromatic heterocycles. The third-order valence-corrected chi connectivity index (χ3v) is 3.59. The smallest absolute Gasteiger partial charge is 0.321 e. The number of halogens is 1. The van der Waals surface area contributed by atoms with Crippen LogP contribution < -0.4 is 11.1 Å². The molecule has 0 bridgehead atoms. The minimum Gasteiger partial charge on any atom is -0.370 e. The van der Waals surface area contributed by atoms with E-state index in [-0.39, 0.29) is 23.7 Å². The van der Waals surface area contributed by atoms with Crippen molar-refractivity contribution in [2.75, 3.05) is 18.4 Å². The van der Waals surface area contributed by atoms with Crippen molar-refractivity contribution in [1.82, 2.24) is 4.90 Å². The number of carbonyl (C=O) groups excluding carboxylic acids is 2. The maximum Gasteiger partial charge on any atom is 0.321 e. The molecule has 21 heavy (non-hydrogen) atoms. The molecule has 0 radical (unpaired) electrons. The number of carbonyl (C=O) groups is 2. The Labute approximate surface area is 123 Å². The molecular weight excluding hydrogens is 273 g/mol. The zero-order chi connectivity index (χ0) is 15.4. The molecule has 5 nitrogen and oxygen atoms in total. The summed E-state index contributed by atoms with van der Waals surface area (Å²) >= 11 is 0. The largest absolute Gasteiger partial charge is 0.370 e. The Morgan fingerprint density at radius 2 is 2.19 bits per heavy atom. The molecule has 1 aliphatic rings. The molecular formula is C15H20FN3O2. The lowest BCUT2D eigenvalue weighted by atomic mass is 9.95. The van der Waals surface area contributed by atoms with Crippen LogP contribution in [0, 0.1) is 18.7 Å². The number of piperidine rings is 1. The Kier molecular flexibility index (Phi) is 4.77. The van der Waals surface area contributed by atoms with Gasteiger partial charge in [0.05, 0.1) is 0 Å². The van der Waals surface area contributed by atoms with Crippen LogP contribution in [0.15, 0.2) is 18.2 Å². The predicted molar refractivity (Wildman–Crippen MR) is 78.3 cm³/mol. The van der Waals surface area contributed by atoms with Gasteiger partial charge in [-0.2, -0.15) is 0 Å². The van der Waals surface area contributed by atoms with Gasteiger partial charge >= 0.3 is 6.03 Å². The molecule has 3 amide bonds. The molecule has 1 aromatic carbocycles. The summed E-state index contributed by atoms with van der Waals surface area (Å²) in [6, 6.07) is 4.13. The van der Waals surface area contributed by atoms with Crippen LogP contribution in [0.5, 0.6) is 0 Å². The second kappa shape index (κ2) is 6.56. The number of hydrogen-bond acceptors (Lipinski definition) is 2. The highest BCUT2D eigenvalue weighted by Crippen LogP contribution is 2.21. The lowest BCUT2D eigenvalue weighted by Gasteiger charge is -2.32.